The average molecular weight is 177 g/mol. The first-order chi connectivity index (χ1) is 6.31. The van der Waals surface area contributed by atoms with Crippen LogP contribution in [0.5, 0.6) is 0 Å². The van der Waals surface area contributed by atoms with Crippen molar-refractivity contribution >= 4 is 16.9 Å². The predicted molar refractivity (Wildman–Crippen MR) is 45.5 cm³/mol. The number of nitrogens with one attached hydrogen (secondary N) is 2. The van der Waals surface area contributed by atoms with E-state index in [4.69, 9.17) is 5.84 Å². The van der Waals surface area contributed by atoms with E-state index in [1.165, 1.54) is 6.20 Å². The maximum absolute atomic E-state index is 11.0. The summed E-state index contributed by atoms with van der Waals surface area (Å²) in [6, 6.07) is 1.75. The predicted octanol–water partition coefficient (Wildman–Crippen LogP) is -0.439. The zero-order chi connectivity index (χ0) is 9.26. The highest BCUT2D eigenvalue weighted by Gasteiger charge is 2.07. The fourth-order valence-electron chi connectivity index (χ4n) is 1.02. The summed E-state index contributed by atoms with van der Waals surface area (Å²) in [5, 5.41) is 0. The van der Waals surface area contributed by atoms with Crippen LogP contribution in [0.15, 0.2) is 18.5 Å². The Balaban J connectivity index is 2.54. The number of carbonyl (C=O) groups is 1. The highest BCUT2D eigenvalue weighted by molar-refractivity contribution is 5.91. The van der Waals surface area contributed by atoms with Gasteiger partial charge < -0.3 is 4.98 Å². The van der Waals surface area contributed by atoms with Gasteiger partial charge in [-0.3, -0.25) is 10.2 Å². The van der Waals surface area contributed by atoms with E-state index >= 15 is 0 Å². The van der Waals surface area contributed by atoms with Crippen LogP contribution in [0.25, 0.3) is 11.0 Å². The first-order valence-electron chi connectivity index (χ1n) is 3.62. The molecule has 2 heterocycles. The molecule has 2 aromatic heterocycles. The molecule has 0 aliphatic carbocycles. The minimum atomic E-state index is -0.497. The molecule has 0 bridgehead atoms. The molecule has 66 valence electrons. The summed E-state index contributed by atoms with van der Waals surface area (Å²) >= 11 is 0. The summed E-state index contributed by atoms with van der Waals surface area (Å²) in [5.74, 6) is 4.50. The molecular weight excluding hydrogens is 170 g/mol. The SMILES string of the molecule is NNC(=O)c1ncc2[nH]ccc2n1. The number of fused-ring (bicyclic) bond motifs is 1. The number of H-pyrrole nitrogens is 1. The van der Waals surface area contributed by atoms with Crippen molar-refractivity contribution in [3.05, 3.63) is 24.3 Å². The molecule has 0 aliphatic rings. The number of rotatable bonds is 1. The molecule has 1 amide bonds. The molecule has 6 nitrogen and oxygen atoms in total. The van der Waals surface area contributed by atoms with Crippen molar-refractivity contribution in [1.82, 2.24) is 20.4 Å². The minimum Gasteiger partial charge on any atom is -0.359 e. The summed E-state index contributed by atoms with van der Waals surface area (Å²) in [4.78, 5) is 21.7. The number of hydrogen-bond acceptors (Lipinski definition) is 4. The molecule has 13 heavy (non-hydrogen) atoms. The normalized spacial score (nSPS) is 10.2. The lowest BCUT2D eigenvalue weighted by molar-refractivity contribution is 0.0943. The minimum absolute atomic E-state index is 0.0644. The van der Waals surface area contributed by atoms with Crippen LogP contribution in [0.3, 0.4) is 0 Å². The van der Waals surface area contributed by atoms with E-state index in [2.05, 4.69) is 15.0 Å². The van der Waals surface area contributed by atoms with E-state index < -0.39 is 5.91 Å². The Morgan fingerprint density at radius 1 is 1.62 bits per heavy atom. The van der Waals surface area contributed by atoms with Crippen LogP contribution in [0.4, 0.5) is 0 Å². The molecule has 0 aliphatic heterocycles. The van der Waals surface area contributed by atoms with E-state index in [1.54, 1.807) is 12.3 Å². The average Bonchev–Trinajstić information content (AvgIpc) is 2.63. The van der Waals surface area contributed by atoms with Crippen LogP contribution in [-0.2, 0) is 0 Å². The van der Waals surface area contributed by atoms with Gasteiger partial charge in [0.1, 0.15) is 0 Å². The van der Waals surface area contributed by atoms with Crippen molar-refractivity contribution in [1.29, 1.82) is 0 Å². The first kappa shape index (κ1) is 7.69. The molecule has 2 rings (SSSR count). The third-order valence-corrected chi connectivity index (χ3v) is 1.63. The van der Waals surface area contributed by atoms with Gasteiger partial charge in [0.2, 0.25) is 5.82 Å². The van der Waals surface area contributed by atoms with E-state index in [-0.39, 0.29) is 5.82 Å². The topological polar surface area (TPSA) is 96.7 Å². The van der Waals surface area contributed by atoms with E-state index in [0.29, 0.717) is 5.52 Å². The van der Waals surface area contributed by atoms with E-state index in [0.717, 1.165) is 5.52 Å². The standard InChI is InChI=1S/C7H7N5O/c8-12-7(13)6-10-3-5-4(11-6)1-2-9-5/h1-3,9H,8H2,(H,12,13). The number of aromatic nitrogens is 3. The second kappa shape index (κ2) is 2.83. The van der Waals surface area contributed by atoms with Gasteiger partial charge in [0.15, 0.2) is 0 Å². The van der Waals surface area contributed by atoms with E-state index in [9.17, 15) is 4.79 Å². The van der Waals surface area contributed by atoms with Gasteiger partial charge in [-0.2, -0.15) is 0 Å². The number of nitrogen functional groups attached to an aromatic ring is 1. The van der Waals surface area contributed by atoms with Crippen molar-refractivity contribution in [2.24, 2.45) is 5.84 Å². The number of hydrogen-bond donors (Lipinski definition) is 3. The highest BCUT2D eigenvalue weighted by atomic mass is 16.2. The summed E-state index contributed by atoms with van der Waals surface area (Å²) < 4.78 is 0. The molecule has 0 atom stereocenters. The Labute approximate surface area is 73.1 Å². The monoisotopic (exact) mass is 177 g/mol. The molecule has 0 saturated heterocycles. The number of aromatic amines is 1. The third kappa shape index (κ3) is 1.23. The Morgan fingerprint density at radius 2 is 2.46 bits per heavy atom. The van der Waals surface area contributed by atoms with Crippen LogP contribution in [-0.4, -0.2) is 20.9 Å². The van der Waals surface area contributed by atoms with Gasteiger partial charge >= 0.3 is 5.91 Å². The van der Waals surface area contributed by atoms with Crippen molar-refractivity contribution in [3.8, 4) is 0 Å². The van der Waals surface area contributed by atoms with Crippen LogP contribution in [0, 0.1) is 0 Å². The zero-order valence-corrected chi connectivity index (χ0v) is 6.61. The maximum atomic E-state index is 11.0. The van der Waals surface area contributed by atoms with Crippen molar-refractivity contribution in [3.63, 3.8) is 0 Å². The lowest BCUT2D eigenvalue weighted by Gasteiger charge is -1.96. The van der Waals surface area contributed by atoms with Crippen LogP contribution in [0.1, 0.15) is 10.6 Å². The largest absolute Gasteiger partial charge is 0.359 e. The second-order valence-corrected chi connectivity index (χ2v) is 2.44. The lowest BCUT2D eigenvalue weighted by Crippen LogP contribution is -2.31. The second-order valence-electron chi connectivity index (χ2n) is 2.44. The van der Waals surface area contributed by atoms with Gasteiger partial charge in [0.25, 0.3) is 0 Å². The third-order valence-electron chi connectivity index (χ3n) is 1.63. The van der Waals surface area contributed by atoms with Crippen LogP contribution >= 0.6 is 0 Å². The van der Waals surface area contributed by atoms with Gasteiger partial charge in [-0.15, -0.1) is 0 Å². The highest BCUT2D eigenvalue weighted by Crippen LogP contribution is 2.06. The number of nitrogens with two attached hydrogens (primary N) is 1. The Morgan fingerprint density at radius 3 is 3.23 bits per heavy atom. The fourth-order valence-corrected chi connectivity index (χ4v) is 1.02. The Kier molecular flexibility index (Phi) is 1.67. The van der Waals surface area contributed by atoms with Crippen LogP contribution in [0.2, 0.25) is 0 Å². The summed E-state index contributed by atoms with van der Waals surface area (Å²) in [6.45, 7) is 0. The van der Waals surface area contributed by atoms with Crippen molar-refractivity contribution in [2.75, 3.05) is 0 Å². The van der Waals surface area contributed by atoms with Crippen molar-refractivity contribution in [2.45, 2.75) is 0 Å². The smallest absolute Gasteiger partial charge is 0.302 e. The number of nitrogens with zero attached hydrogens (tertiary/aromatic N) is 2. The summed E-state index contributed by atoms with van der Waals surface area (Å²) in [7, 11) is 0. The summed E-state index contributed by atoms with van der Waals surface area (Å²) in [5.41, 5.74) is 3.44. The maximum Gasteiger partial charge on any atom is 0.302 e. The van der Waals surface area contributed by atoms with Gasteiger partial charge in [0.05, 0.1) is 17.2 Å². The quantitative estimate of drug-likeness (QED) is 0.312. The fraction of sp³-hybridized carbons (Fsp3) is 0. The molecule has 0 aromatic carbocycles. The molecule has 4 N–H and O–H groups in total. The molecule has 0 unspecified atom stereocenters. The number of carbonyl (C=O) groups excluding carboxylic acids is 1. The Hall–Kier alpha value is -1.95. The van der Waals surface area contributed by atoms with Gasteiger partial charge in [-0.1, -0.05) is 0 Å². The molecular formula is C7H7N5O. The number of hydrazine groups is 1. The van der Waals surface area contributed by atoms with Crippen LogP contribution < -0.4 is 11.3 Å². The molecule has 0 spiro atoms. The van der Waals surface area contributed by atoms with Gasteiger partial charge in [0, 0.05) is 6.20 Å². The van der Waals surface area contributed by atoms with E-state index in [1.807, 2.05) is 5.43 Å². The number of amides is 1. The molecule has 0 radical (unpaired) electrons. The summed E-state index contributed by atoms with van der Waals surface area (Å²) in [6.07, 6.45) is 3.26. The Bertz CT molecular complexity index is 449. The lowest BCUT2D eigenvalue weighted by atomic mass is 10.4. The first-order valence-corrected chi connectivity index (χ1v) is 3.62. The molecule has 6 heteroatoms. The molecule has 0 fully saturated rings. The van der Waals surface area contributed by atoms with Crippen molar-refractivity contribution < 1.29 is 4.79 Å². The zero-order valence-electron chi connectivity index (χ0n) is 6.61. The van der Waals surface area contributed by atoms with Gasteiger partial charge in [-0.05, 0) is 6.07 Å². The molecule has 2 aromatic rings. The molecule has 0 saturated carbocycles. The van der Waals surface area contributed by atoms with Gasteiger partial charge in [-0.25, -0.2) is 15.8 Å².